The van der Waals surface area contributed by atoms with Crippen LogP contribution in [0.2, 0.25) is 0 Å². The van der Waals surface area contributed by atoms with Crippen molar-refractivity contribution in [3.05, 3.63) is 0 Å². The summed E-state index contributed by atoms with van der Waals surface area (Å²) in [4.78, 5) is 19.8. The van der Waals surface area contributed by atoms with E-state index in [0.717, 1.165) is 25.8 Å². The van der Waals surface area contributed by atoms with E-state index >= 15 is 0 Å². The number of carbonyl (C=O) groups is 2. The van der Waals surface area contributed by atoms with Crippen LogP contribution in [-0.2, 0) is 9.59 Å². The lowest BCUT2D eigenvalue weighted by molar-refractivity contribution is -0.110. The molecule has 0 rings (SSSR count). The number of nitrogens with one attached hydrogen (secondary N) is 2. The third-order valence-electron chi connectivity index (χ3n) is 1.64. The summed E-state index contributed by atoms with van der Waals surface area (Å²) in [6.07, 6.45) is 4.35. The summed E-state index contributed by atoms with van der Waals surface area (Å²) in [5.74, 6) is 0. The fourth-order valence-corrected chi connectivity index (χ4v) is 0.936. The second kappa shape index (κ2) is 8.04. The molecule has 0 bridgehead atoms. The molecular formula is C8H16N2O2. The van der Waals surface area contributed by atoms with Gasteiger partial charge in [0.25, 0.3) is 0 Å². The third kappa shape index (κ3) is 7.05. The first-order valence-electron chi connectivity index (χ1n) is 4.18. The summed E-state index contributed by atoms with van der Waals surface area (Å²) in [5.41, 5.74) is 0. The van der Waals surface area contributed by atoms with E-state index in [1.54, 1.807) is 0 Å². The number of amides is 2. The van der Waals surface area contributed by atoms with E-state index in [2.05, 4.69) is 10.6 Å². The molecule has 0 saturated heterocycles. The lowest BCUT2D eigenvalue weighted by Crippen LogP contribution is -2.24. The average Bonchev–Trinajstić information content (AvgIpc) is 2.05. The van der Waals surface area contributed by atoms with E-state index in [1.165, 1.54) is 0 Å². The van der Waals surface area contributed by atoms with Gasteiger partial charge in [0.05, 0.1) is 0 Å². The standard InChI is InChI=1S/C8H16N2O2/c1-8(10-7-12)4-2-3-5-9-6-11/h6-8H,2-5H2,1H3,(H,9,11)(H,10,12)/t8-/m1/s1. The molecule has 0 fully saturated rings. The van der Waals surface area contributed by atoms with Crippen molar-refractivity contribution in [2.75, 3.05) is 6.54 Å². The van der Waals surface area contributed by atoms with Crippen LogP contribution < -0.4 is 10.6 Å². The number of hydrogen-bond donors (Lipinski definition) is 2. The van der Waals surface area contributed by atoms with Crippen LogP contribution in [0.15, 0.2) is 0 Å². The van der Waals surface area contributed by atoms with E-state index in [9.17, 15) is 9.59 Å². The van der Waals surface area contributed by atoms with Crippen LogP contribution in [0.3, 0.4) is 0 Å². The number of carbonyl (C=O) groups excluding carboxylic acids is 2. The van der Waals surface area contributed by atoms with Gasteiger partial charge in [0.15, 0.2) is 0 Å². The molecule has 0 aromatic rings. The summed E-state index contributed by atoms with van der Waals surface area (Å²) in [6, 6.07) is 0.235. The van der Waals surface area contributed by atoms with Gasteiger partial charge in [0, 0.05) is 12.6 Å². The maximum Gasteiger partial charge on any atom is 0.207 e. The topological polar surface area (TPSA) is 58.2 Å². The van der Waals surface area contributed by atoms with E-state index in [0.29, 0.717) is 12.8 Å². The summed E-state index contributed by atoms with van der Waals surface area (Å²) in [7, 11) is 0. The van der Waals surface area contributed by atoms with Crippen LogP contribution in [0.4, 0.5) is 0 Å². The molecule has 4 nitrogen and oxygen atoms in total. The van der Waals surface area contributed by atoms with E-state index < -0.39 is 0 Å². The molecule has 2 N–H and O–H groups in total. The number of rotatable bonds is 8. The van der Waals surface area contributed by atoms with Crippen molar-refractivity contribution < 1.29 is 9.59 Å². The quantitative estimate of drug-likeness (QED) is 0.401. The van der Waals surface area contributed by atoms with Gasteiger partial charge in [0.2, 0.25) is 12.8 Å². The largest absolute Gasteiger partial charge is 0.359 e. The molecular weight excluding hydrogens is 156 g/mol. The first-order valence-corrected chi connectivity index (χ1v) is 4.18. The minimum atomic E-state index is 0.235. The van der Waals surface area contributed by atoms with Crippen molar-refractivity contribution in [3.63, 3.8) is 0 Å². The molecule has 70 valence electrons. The van der Waals surface area contributed by atoms with Crippen molar-refractivity contribution in [3.8, 4) is 0 Å². The Morgan fingerprint density at radius 3 is 2.58 bits per heavy atom. The molecule has 0 aromatic carbocycles. The highest BCUT2D eigenvalue weighted by molar-refractivity contribution is 5.46. The van der Waals surface area contributed by atoms with Gasteiger partial charge in [-0.15, -0.1) is 0 Å². The van der Waals surface area contributed by atoms with Crippen LogP contribution in [0.5, 0.6) is 0 Å². The third-order valence-corrected chi connectivity index (χ3v) is 1.64. The zero-order valence-corrected chi connectivity index (χ0v) is 7.38. The van der Waals surface area contributed by atoms with Crippen molar-refractivity contribution in [1.29, 1.82) is 0 Å². The van der Waals surface area contributed by atoms with Gasteiger partial charge >= 0.3 is 0 Å². The lowest BCUT2D eigenvalue weighted by Gasteiger charge is -2.08. The highest BCUT2D eigenvalue weighted by atomic mass is 16.1. The molecule has 0 radical (unpaired) electrons. The van der Waals surface area contributed by atoms with Gasteiger partial charge in [0.1, 0.15) is 0 Å². The average molecular weight is 172 g/mol. The molecule has 4 heteroatoms. The van der Waals surface area contributed by atoms with Gasteiger partial charge in [-0.05, 0) is 26.2 Å². The zero-order chi connectivity index (χ0) is 9.23. The predicted molar refractivity (Wildman–Crippen MR) is 46.6 cm³/mol. The van der Waals surface area contributed by atoms with Gasteiger partial charge in [-0.1, -0.05) is 0 Å². The van der Waals surface area contributed by atoms with Crippen LogP contribution in [0.25, 0.3) is 0 Å². The van der Waals surface area contributed by atoms with E-state index in [-0.39, 0.29) is 6.04 Å². The predicted octanol–water partition coefficient (Wildman–Crippen LogP) is 0.0372. The molecule has 0 aliphatic heterocycles. The van der Waals surface area contributed by atoms with E-state index in [1.807, 2.05) is 6.92 Å². The Balaban J connectivity index is 3.07. The van der Waals surface area contributed by atoms with E-state index in [4.69, 9.17) is 0 Å². The molecule has 0 saturated carbocycles. The molecule has 0 spiro atoms. The van der Waals surface area contributed by atoms with Gasteiger partial charge in [-0.25, -0.2) is 0 Å². The second-order valence-corrected chi connectivity index (χ2v) is 2.75. The lowest BCUT2D eigenvalue weighted by atomic mass is 10.1. The van der Waals surface area contributed by atoms with Gasteiger partial charge < -0.3 is 10.6 Å². The van der Waals surface area contributed by atoms with Crippen molar-refractivity contribution in [1.82, 2.24) is 10.6 Å². The Morgan fingerprint density at radius 2 is 2.00 bits per heavy atom. The molecule has 1 atom stereocenters. The molecule has 0 heterocycles. The minimum absolute atomic E-state index is 0.235. The van der Waals surface area contributed by atoms with Gasteiger partial charge in [-0.2, -0.15) is 0 Å². The Labute approximate surface area is 72.7 Å². The molecule has 0 aliphatic carbocycles. The highest BCUT2D eigenvalue weighted by Gasteiger charge is 1.97. The molecule has 0 aromatic heterocycles. The van der Waals surface area contributed by atoms with Gasteiger partial charge in [-0.3, -0.25) is 9.59 Å². The first-order chi connectivity index (χ1) is 5.81. The van der Waals surface area contributed by atoms with Crippen molar-refractivity contribution in [2.45, 2.75) is 32.2 Å². The van der Waals surface area contributed by atoms with Crippen LogP contribution in [0.1, 0.15) is 26.2 Å². The van der Waals surface area contributed by atoms with Crippen molar-refractivity contribution >= 4 is 12.8 Å². The minimum Gasteiger partial charge on any atom is -0.359 e. The molecule has 12 heavy (non-hydrogen) atoms. The number of unbranched alkanes of at least 4 members (excludes halogenated alkanes) is 1. The smallest absolute Gasteiger partial charge is 0.207 e. The molecule has 0 aliphatic rings. The maximum absolute atomic E-state index is 9.98. The summed E-state index contributed by atoms with van der Waals surface area (Å²) < 4.78 is 0. The van der Waals surface area contributed by atoms with Crippen LogP contribution in [-0.4, -0.2) is 25.4 Å². The normalized spacial score (nSPS) is 11.8. The second-order valence-electron chi connectivity index (χ2n) is 2.75. The Morgan fingerprint density at radius 1 is 1.25 bits per heavy atom. The highest BCUT2D eigenvalue weighted by Crippen LogP contribution is 1.98. The van der Waals surface area contributed by atoms with Crippen LogP contribution >= 0.6 is 0 Å². The first kappa shape index (κ1) is 10.9. The maximum atomic E-state index is 9.98. The summed E-state index contributed by atoms with van der Waals surface area (Å²) in [6.45, 7) is 2.68. The number of hydrogen-bond acceptors (Lipinski definition) is 2. The fourth-order valence-electron chi connectivity index (χ4n) is 0.936. The monoisotopic (exact) mass is 172 g/mol. The summed E-state index contributed by atoms with van der Waals surface area (Å²) in [5, 5.41) is 5.25. The molecule has 2 amide bonds. The molecule has 0 unspecified atom stereocenters. The SMILES string of the molecule is C[C@H](CCCCNC=O)NC=O. The summed E-state index contributed by atoms with van der Waals surface area (Å²) >= 11 is 0. The Kier molecular flexibility index (Phi) is 7.33. The Bertz CT molecular complexity index is 128. The fraction of sp³-hybridized carbons (Fsp3) is 0.750. The van der Waals surface area contributed by atoms with Crippen LogP contribution in [0, 0.1) is 0 Å². The Hall–Kier alpha value is -1.06. The van der Waals surface area contributed by atoms with Crippen molar-refractivity contribution in [2.24, 2.45) is 0 Å². The zero-order valence-electron chi connectivity index (χ0n) is 7.38.